The van der Waals surface area contributed by atoms with Crippen LogP contribution < -0.4 is 5.32 Å². The van der Waals surface area contributed by atoms with E-state index in [-0.39, 0.29) is 0 Å². The van der Waals surface area contributed by atoms with Crippen LogP contribution in [0.4, 0.5) is 5.95 Å². The van der Waals surface area contributed by atoms with Crippen molar-refractivity contribution in [1.82, 2.24) is 9.55 Å². The molecule has 1 aromatic heterocycles. The van der Waals surface area contributed by atoms with Gasteiger partial charge in [-0.15, -0.1) is 0 Å². The molecule has 17 heavy (non-hydrogen) atoms. The van der Waals surface area contributed by atoms with Crippen molar-refractivity contribution in [2.45, 2.75) is 66.5 Å². The lowest BCUT2D eigenvalue weighted by molar-refractivity contribution is 0.434. The Kier molecular flexibility index (Phi) is 5.52. The van der Waals surface area contributed by atoms with Gasteiger partial charge in [0.2, 0.25) is 5.95 Å². The average Bonchev–Trinajstić information content (AvgIpc) is 2.61. The number of imidazole rings is 1. The van der Waals surface area contributed by atoms with Crippen LogP contribution in [0.1, 0.15) is 52.7 Å². The maximum Gasteiger partial charge on any atom is 0.203 e. The normalized spacial score (nSPS) is 13.1. The molecule has 1 N–H and O–H groups in total. The third-order valence-corrected chi connectivity index (χ3v) is 3.47. The second-order valence-corrected chi connectivity index (χ2v) is 4.91. The molecule has 3 heteroatoms. The Hall–Kier alpha value is -0.990. The van der Waals surface area contributed by atoms with Crippen LogP contribution >= 0.6 is 0 Å². The topological polar surface area (TPSA) is 29.9 Å². The van der Waals surface area contributed by atoms with Crippen LogP contribution in [0.2, 0.25) is 0 Å². The number of rotatable bonds is 7. The Labute approximate surface area is 106 Å². The lowest BCUT2D eigenvalue weighted by Gasteiger charge is -2.23. The van der Waals surface area contributed by atoms with E-state index < -0.39 is 0 Å². The molecule has 3 nitrogen and oxygen atoms in total. The highest BCUT2D eigenvalue weighted by Gasteiger charge is 2.15. The second kappa shape index (κ2) is 6.67. The fourth-order valence-electron chi connectivity index (χ4n) is 2.39. The molecule has 98 valence electrons. The van der Waals surface area contributed by atoms with Crippen molar-refractivity contribution in [3.63, 3.8) is 0 Å². The fraction of sp³-hybridized carbons (Fsp3) is 0.786. The average molecular weight is 237 g/mol. The summed E-state index contributed by atoms with van der Waals surface area (Å²) in [4.78, 5) is 4.57. The highest BCUT2D eigenvalue weighted by molar-refractivity contribution is 5.30. The molecule has 0 aliphatic carbocycles. The molecule has 0 aromatic carbocycles. The van der Waals surface area contributed by atoms with Crippen molar-refractivity contribution in [3.05, 3.63) is 11.9 Å². The van der Waals surface area contributed by atoms with Crippen molar-refractivity contribution in [3.8, 4) is 0 Å². The van der Waals surface area contributed by atoms with E-state index in [2.05, 4.69) is 55.7 Å². The number of aromatic nitrogens is 2. The summed E-state index contributed by atoms with van der Waals surface area (Å²) in [6, 6.07) is 0.488. The SMILES string of the molecule is CCCn1cc(C)nc1NC(C)C(CC)CC. The predicted molar refractivity (Wildman–Crippen MR) is 74.4 cm³/mol. The summed E-state index contributed by atoms with van der Waals surface area (Å²) in [5.74, 6) is 1.76. The molecule has 0 aliphatic rings. The number of nitrogens with zero attached hydrogens (tertiary/aromatic N) is 2. The van der Waals surface area contributed by atoms with Gasteiger partial charge in [-0.2, -0.15) is 0 Å². The zero-order valence-electron chi connectivity index (χ0n) is 12.0. The Balaban J connectivity index is 2.72. The Bertz CT molecular complexity index is 326. The van der Waals surface area contributed by atoms with Gasteiger partial charge < -0.3 is 9.88 Å². The minimum absolute atomic E-state index is 0.488. The molecule has 1 unspecified atom stereocenters. The minimum Gasteiger partial charge on any atom is -0.353 e. The van der Waals surface area contributed by atoms with Gasteiger partial charge in [-0.05, 0) is 26.2 Å². The van der Waals surface area contributed by atoms with E-state index in [0.29, 0.717) is 6.04 Å². The molecule has 1 heterocycles. The Morgan fingerprint density at radius 3 is 2.47 bits per heavy atom. The van der Waals surface area contributed by atoms with Crippen LogP contribution in [0, 0.1) is 12.8 Å². The number of hydrogen-bond acceptors (Lipinski definition) is 2. The van der Waals surface area contributed by atoms with Crippen LogP contribution in [0.5, 0.6) is 0 Å². The summed E-state index contributed by atoms with van der Waals surface area (Å²) in [5, 5.41) is 3.57. The Morgan fingerprint density at radius 1 is 1.29 bits per heavy atom. The van der Waals surface area contributed by atoms with Crippen LogP contribution in [-0.4, -0.2) is 15.6 Å². The summed E-state index contributed by atoms with van der Waals surface area (Å²) >= 11 is 0. The van der Waals surface area contributed by atoms with Gasteiger partial charge in [0.1, 0.15) is 0 Å². The van der Waals surface area contributed by atoms with Gasteiger partial charge >= 0.3 is 0 Å². The molecule has 1 atom stereocenters. The molecule has 0 bridgehead atoms. The summed E-state index contributed by atoms with van der Waals surface area (Å²) in [5.41, 5.74) is 1.10. The van der Waals surface area contributed by atoms with Crippen molar-refractivity contribution in [1.29, 1.82) is 0 Å². The number of anilines is 1. The van der Waals surface area contributed by atoms with Gasteiger partial charge in [0.15, 0.2) is 0 Å². The van der Waals surface area contributed by atoms with E-state index in [4.69, 9.17) is 0 Å². The van der Waals surface area contributed by atoms with Gasteiger partial charge in [-0.25, -0.2) is 4.98 Å². The summed E-state index contributed by atoms with van der Waals surface area (Å²) < 4.78 is 2.23. The molecule has 1 rings (SSSR count). The quantitative estimate of drug-likeness (QED) is 0.781. The molecular formula is C14H27N3. The van der Waals surface area contributed by atoms with Gasteiger partial charge in [0.05, 0.1) is 5.69 Å². The lowest BCUT2D eigenvalue weighted by atomic mass is 9.96. The minimum atomic E-state index is 0.488. The second-order valence-electron chi connectivity index (χ2n) is 4.91. The van der Waals surface area contributed by atoms with Crippen molar-refractivity contribution < 1.29 is 0 Å². The molecule has 0 radical (unpaired) electrons. The van der Waals surface area contributed by atoms with Crippen molar-refractivity contribution in [2.24, 2.45) is 5.92 Å². The third kappa shape index (κ3) is 3.76. The summed E-state index contributed by atoms with van der Waals surface area (Å²) in [7, 11) is 0. The zero-order valence-corrected chi connectivity index (χ0v) is 12.0. The highest BCUT2D eigenvalue weighted by atomic mass is 15.2. The first kappa shape index (κ1) is 14.1. The molecule has 0 fully saturated rings. The summed E-state index contributed by atoms with van der Waals surface area (Å²) in [6.45, 7) is 12.1. The van der Waals surface area contributed by atoms with Gasteiger partial charge in [0.25, 0.3) is 0 Å². The predicted octanol–water partition coefficient (Wildman–Crippen LogP) is 3.84. The van der Waals surface area contributed by atoms with Gasteiger partial charge in [-0.3, -0.25) is 0 Å². The van der Waals surface area contributed by atoms with E-state index in [1.807, 2.05) is 0 Å². The van der Waals surface area contributed by atoms with E-state index in [0.717, 1.165) is 30.5 Å². The van der Waals surface area contributed by atoms with E-state index >= 15 is 0 Å². The first-order chi connectivity index (χ1) is 8.12. The van der Waals surface area contributed by atoms with E-state index in [9.17, 15) is 0 Å². The third-order valence-electron chi connectivity index (χ3n) is 3.47. The maximum atomic E-state index is 4.57. The Morgan fingerprint density at radius 2 is 1.94 bits per heavy atom. The van der Waals surface area contributed by atoms with Gasteiger partial charge in [0, 0.05) is 18.8 Å². The number of nitrogens with one attached hydrogen (secondary N) is 1. The van der Waals surface area contributed by atoms with Crippen molar-refractivity contribution >= 4 is 5.95 Å². The van der Waals surface area contributed by atoms with Crippen LogP contribution in [0.15, 0.2) is 6.20 Å². The fourth-order valence-corrected chi connectivity index (χ4v) is 2.39. The van der Waals surface area contributed by atoms with Gasteiger partial charge in [-0.1, -0.05) is 33.6 Å². The largest absolute Gasteiger partial charge is 0.353 e. The smallest absolute Gasteiger partial charge is 0.203 e. The standard InChI is InChI=1S/C14H27N3/c1-6-9-17-10-11(4)15-14(17)16-12(5)13(7-2)8-3/h10,12-13H,6-9H2,1-5H3,(H,15,16). The van der Waals surface area contributed by atoms with Crippen LogP contribution in [0.3, 0.4) is 0 Å². The lowest BCUT2D eigenvalue weighted by Crippen LogP contribution is -2.26. The van der Waals surface area contributed by atoms with Crippen LogP contribution in [-0.2, 0) is 6.54 Å². The number of hydrogen-bond donors (Lipinski definition) is 1. The summed E-state index contributed by atoms with van der Waals surface area (Å²) in [6.07, 6.45) is 5.71. The zero-order chi connectivity index (χ0) is 12.8. The molecule has 0 aliphatic heterocycles. The molecule has 0 saturated carbocycles. The first-order valence-corrected chi connectivity index (χ1v) is 6.92. The molecule has 0 spiro atoms. The van der Waals surface area contributed by atoms with E-state index in [1.165, 1.54) is 12.8 Å². The maximum absolute atomic E-state index is 4.57. The first-order valence-electron chi connectivity index (χ1n) is 6.92. The molecule has 1 aromatic rings. The monoisotopic (exact) mass is 237 g/mol. The van der Waals surface area contributed by atoms with Crippen molar-refractivity contribution in [2.75, 3.05) is 5.32 Å². The molecule has 0 saturated heterocycles. The van der Waals surface area contributed by atoms with Crippen LogP contribution in [0.25, 0.3) is 0 Å². The molecular weight excluding hydrogens is 210 g/mol. The van der Waals surface area contributed by atoms with E-state index in [1.54, 1.807) is 0 Å². The highest BCUT2D eigenvalue weighted by Crippen LogP contribution is 2.18. The molecule has 0 amide bonds. The number of aryl methyl sites for hydroxylation is 2.